The Hall–Kier alpha value is -1.03. The molecule has 0 aromatic carbocycles. The second kappa shape index (κ2) is 3.77. The van der Waals surface area contributed by atoms with Gasteiger partial charge in [-0.2, -0.15) is 5.10 Å². The summed E-state index contributed by atoms with van der Waals surface area (Å²) < 4.78 is 2.01. The predicted octanol–water partition coefficient (Wildman–Crippen LogP) is 1.53. The van der Waals surface area contributed by atoms with Crippen molar-refractivity contribution in [2.75, 3.05) is 5.73 Å². The molecule has 16 heavy (non-hydrogen) atoms. The van der Waals surface area contributed by atoms with E-state index in [9.17, 15) is 5.11 Å². The summed E-state index contributed by atoms with van der Waals surface area (Å²) in [6.07, 6.45) is 1.68. The lowest BCUT2D eigenvalue weighted by atomic mass is 9.82. The highest BCUT2D eigenvalue weighted by Crippen LogP contribution is 2.31. The molecule has 0 bridgehead atoms. The number of nitrogen functional groups attached to an aromatic ring is 1. The van der Waals surface area contributed by atoms with Crippen LogP contribution in [0.15, 0.2) is 6.07 Å². The van der Waals surface area contributed by atoms with Crippen LogP contribution in [0.4, 0.5) is 5.82 Å². The third-order valence-electron chi connectivity index (χ3n) is 3.21. The van der Waals surface area contributed by atoms with Gasteiger partial charge < -0.3 is 10.8 Å². The lowest BCUT2D eigenvalue weighted by Gasteiger charge is -2.32. The van der Waals surface area contributed by atoms with Gasteiger partial charge in [0.05, 0.1) is 6.10 Å². The molecule has 0 saturated heterocycles. The second-order valence-corrected chi connectivity index (χ2v) is 5.88. The summed E-state index contributed by atoms with van der Waals surface area (Å²) in [7, 11) is 0. The topological polar surface area (TPSA) is 64.1 Å². The molecular formula is C12H21N3O. The summed E-state index contributed by atoms with van der Waals surface area (Å²) in [6, 6.07) is 1.95. The van der Waals surface area contributed by atoms with Gasteiger partial charge in [-0.05, 0) is 18.8 Å². The highest BCUT2D eigenvalue weighted by molar-refractivity contribution is 5.32. The van der Waals surface area contributed by atoms with Crippen molar-refractivity contribution in [1.29, 1.82) is 0 Å². The smallest absolute Gasteiger partial charge is 0.145 e. The zero-order chi connectivity index (χ0) is 11.9. The molecule has 0 unspecified atom stereocenters. The van der Waals surface area contributed by atoms with Crippen LogP contribution in [-0.4, -0.2) is 21.0 Å². The normalized spacial score (nSPS) is 25.5. The summed E-state index contributed by atoms with van der Waals surface area (Å²) in [6.45, 7) is 7.36. The fourth-order valence-electron chi connectivity index (χ4n) is 2.27. The van der Waals surface area contributed by atoms with E-state index in [2.05, 4.69) is 25.9 Å². The molecule has 1 aromatic rings. The van der Waals surface area contributed by atoms with E-state index < -0.39 is 0 Å². The van der Waals surface area contributed by atoms with Crippen molar-refractivity contribution < 1.29 is 5.11 Å². The van der Waals surface area contributed by atoms with Crippen LogP contribution in [0.5, 0.6) is 0 Å². The van der Waals surface area contributed by atoms with E-state index in [0.717, 1.165) is 19.4 Å². The maximum absolute atomic E-state index is 9.28. The van der Waals surface area contributed by atoms with Crippen molar-refractivity contribution in [3.63, 3.8) is 0 Å². The van der Waals surface area contributed by atoms with Crippen LogP contribution < -0.4 is 5.73 Å². The first-order valence-electron chi connectivity index (χ1n) is 5.88. The fourth-order valence-corrected chi connectivity index (χ4v) is 2.27. The Bertz CT molecular complexity index is 372. The fraction of sp³-hybridized carbons (Fsp3) is 0.750. The summed E-state index contributed by atoms with van der Waals surface area (Å²) in [5.74, 6) is 1.14. The van der Waals surface area contributed by atoms with Gasteiger partial charge >= 0.3 is 0 Å². The number of anilines is 1. The van der Waals surface area contributed by atoms with Crippen LogP contribution in [0.2, 0.25) is 0 Å². The van der Waals surface area contributed by atoms with Gasteiger partial charge in [-0.25, -0.2) is 0 Å². The van der Waals surface area contributed by atoms with Crippen molar-refractivity contribution >= 4 is 5.82 Å². The number of hydrogen-bond donors (Lipinski definition) is 2. The summed E-state index contributed by atoms with van der Waals surface area (Å²) >= 11 is 0. The molecule has 1 saturated carbocycles. The van der Waals surface area contributed by atoms with Gasteiger partial charge in [0.2, 0.25) is 0 Å². The van der Waals surface area contributed by atoms with Gasteiger partial charge in [0, 0.05) is 23.7 Å². The number of nitrogens with two attached hydrogens (primary N) is 1. The molecule has 4 heteroatoms. The first-order chi connectivity index (χ1) is 7.36. The van der Waals surface area contributed by atoms with Gasteiger partial charge in [-0.3, -0.25) is 4.68 Å². The molecule has 4 nitrogen and oxygen atoms in total. The molecule has 0 amide bonds. The third kappa shape index (κ3) is 2.21. The van der Waals surface area contributed by atoms with Gasteiger partial charge in [0.15, 0.2) is 0 Å². The zero-order valence-corrected chi connectivity index (χ0v) is 10.3. The van der Waals surface area contributed by atoms with E-state index >= 15 is 0 Å². The van der Waals surface area contributed by atoms with Gasteiger partial charge in [-0.15, -0.1) is 0 Å². The lowest BCUT2D eigenvalue weighted by molar-refractivity contribution is 0.0330. The Morgan fingerprint density at radius 1 is 1.50 bits per heavy atom. The lowest BCUT2D eigenvalue weighted by Crippen LogP contribution is -2.33. The molecule has 0 radical (unpaired) electrons. The standard InChI is InChI=1S/C12H21N3O/c1-12(2,3)10-6-11(13)14-15(10)7-8-4-9(16)5-8/h6,8-9,16H,4-5,7H2,1-3H3,(H2,13,14)/t8-,9+. The third-order valence-corrected chi connectivity index (χ3v) is 3.21. The van der Waals surface area contributed by atoms with Gasteiger partial charge in [-0.1, -0.05) is 20.8 Å². The number of rotatable bonds is 2. The van der Waals surface area contributed by atoms with Crippen molar-refractivity contribution in [1.82, 2.24) is 9.78 Å². The largest absolute Gasteiger partial charge is 0.393 e. The number of aromatic nitrogens is 2. The van der Waals surface area contributed by atoms with E-state index in [4.69, 9.17) is 5.73 Å². The van der Waals surface area contributed by atoms with Crippen molar-refractivity contribution in [2.45, 2.75) is 51.7 Å². The maximum atomic E-state index is 9.28. The van der Waals surface area contributed by atoms with E-state index in [1.54, 1.807) is 0 Å². The average molecular weight is 223 g/mol. The minimum atomic E-state index is -0.101. The molecule has 0 atom stereocenters. The molecule has 90 valence electrons. The molecule has 1 fully saturated rings. The summed E-state index contributed by atoms with van der Waals surface area (Å²) in [5, 5.41) is 13.6. The Morgan fingerprint density at radius 2 is 2.12 bits per heavy atom. The first-order valence-corrected chi connectivity index (χ1v) is 5.88. The second-order valence-electron chi connectivity index (χ2n) is 5.88. The molecule has 2 rings (SSSR count). The summed E-state index contributed by atoms with van der Waals surface area (Å²) in [4.78, 5) is 0. The zero-order valence-electron chi connectivity index (χ0n) is 10.3. The Kier molecular flexibility index (Phi) is 2.70. The predicted molar refractivity (Wildman–Crippen MR) is 64.1 cm³/mol. The highest BCUT2D eigenvalue weighted by Gasteiger charge is 2.29. The SMILES string of the molecule is CC(C)(C)c1cc(N)nn1C[C@H]1C[C@@H](O)C1. The van der Waals surface area contributed by atoms with Crippen molar-refractivity contribution in [2.24, 2.45) is 5.92 Å². The Balaban J connectivity index is 2.14. The number of nitrogens with zero attached hydrogens (tertiary/aromatic N) is 2. The maximum Gasteiger partial charge on any atom is 0.145 e. The molecule has 1 aliphatic rings. The van der Waals surface area contributed by atoms with Crippen molar-refractivity contribution in [3.05, 3.63) is 11.8 Å². The number of hydrogen-bond acceptors (Lipinski definition) is 3. The Morgan fingerprint density at radius 3 is 2.62 bits per heavy atom. The average Bonchev–Trinajstić information content (AvgIpc) is 2.43. The molecule has 1 heterocycles. The first kappa shape index (κ1) is 11.5. The van der Waals surface area contributed by atoms with E-state index in [1.165, 1.54) is 5.69 Å². The van der Waals surface area contributed by atoms with E-state index in [-0.39, 0.29) is 11.5 Å². The van der Waals surface area contributed by atoms with Crippen LogP contribution >= 0.6 is 0 Å². The van der Waals surface area contributed by atoms with Gasteiger partial charge in [0.1, 0.15) is 5.82 Å². The van der Waals surface area contributed by atoms with Crippen molar-refractivity contribution in [3.8, 4) is 0 Å². The minimum absolute atomic E-state index is 0.0625. The summed E-state index contributed by atoms with van der Waals surface area (Å²) in [5.41, 5.74) is 6.99. The molecular weight excluding hydrogens is 202 g/mol. The van der Waals surface area contributed by atoms with Crippen LogP contribution in [0.25, 0.3) is 0 Å². The highest BCUT2D eigenvalue weighted by atomic mass is 16.3. The molecule has 0 aliphatic heterocycles. The minimum Gasteiger partial charge on any atom is -0.393 e. The molecule has 0 spiro atoms. The van der Waals surface area contributed by atoms with E-state index in [1.807, 2.05) is 10.7 Å². The monoisotopic (exact) mass is 223 g/mol. The number of aliphatic hydroxyl groups is 1. The van der Waals surface area contributed by atoms with Crippen LogP contribution in [0.3, 0.4) is 0 Å². The van der Waals surface area contributed by atoms with E-state index in [0.29, 0.717) is 11.7 Å². The quantitative estimate of drug-likeness (QED) is 0.799. The van der Waals surface area contributed by atoms with Crippen LogP contribution in [0.1, 0.15) is 39.3 Å². The molecule has 1 aliphatic carbocycles. The van der Waals surface area contributed by atoms with Gasteiger partial charge in [0.25, 0.3) is 0 Å². The van der Waals surface area contributed by atoms with Crippen LogP contribution in [-0.2, 0) is 12.0 Å². The molecule has 3 N–H and O–H groups in total. The molecule has 1 aromatic heterocycles. The Labute approximate surface area is 96.5 Å². The van der Waals surface area contributed by atoms with Crippen LogP contribution in [0, 0.1) is 5.92 Å². The number of aliphatic hydroxyl groups excluding tert-OH is 1.